The second-order valence-electron chi connectivity index (χ2n) is 5.54. The van der Waals surface area contributed by atoms with Gasteiger partial charge in [-0.15, -0.1) is 0 Å². The molecule has 0 atom stereocenters. The summed E-state index contributed by atoms with van der Waals surface area (Å²) in [5, 5.41) is 0.811. The van der Waals surface area contributed by atoms with Gasteiger partial charge in [0, 0.05) is 17.4 Å². The van der Waals surface area contributed by atoms with Gasteiger partial charge in [-0.1, -0.05) is 42.1 Å². The van der Waals surface area contributed by atoms with Crippen LogP contribution in [0.5, 0.6) is 5.75 Å². The Morgan fingerprint density at radius 3 is 2.52 bits per heavy atom. The molecule has 0 aliphatic heterocycles. The Balaban J connectivity index is 1.75. The Hall–Kier alpha value is -2.53. The third-order valence-electron chi connectivity index (χ3n) is 3.65. The fourth-order valence-corrected chi connectivity index (χ4v) is 3.40. The van der Waals surface area contributed by atoms with Crippen molar-refractivity contribution < 1.29 is 9.53 Å². The van der Waals surface area contributed by atoms with Crippen LogP contribution < -0.4 is 4.74 Å². The molecule has 1 aromatic heterocycles. The van der Waals surface area contributed by atoms with Crippen LogP contribution in [0.2, 0.25) is 0 Å². The SMILES string of the molecule is CCOc1ccc(-n2cc(C)nc2SCC(=O)c2ccccc2)cc1. The van der Waals surface area contributed by atoms with Crippen molar-refractivity contribution in [1.82, 2.24) is 9.55 Å². The summed E-state index contributed by atoms with van der Waals surface area (Å²) >= 11 is 1.45. The zero-order chi connectivity index (χ0) is 17.6. The molecule has 4 nitrogen and oxygen atoms in total. The van der Waals surface area contributed by atoms with Crippen molar-refractivity contribution in [1.29, 1.82) is 0 Å². The van der Waals surface area contributed by atoms with Gasteiger partial charge in [0.2, 0.25) is 0 Å². The van der Waals surface area contributed by atoms with Crippen LogP contribution in [0.4, 0.5) is 0 Å². The Kier molecular flexibility index (Phi) is 5.56. The summed E-state index contributed by atoms with van der Waals surface area (Å²) in [7, 11) is 0. The van der Waals surface area contributed by atoms with E-state index in [-0.39, 0.29) is 5.78 Å². The molecule has 0 unspecified atom stereocenters. The number of ether oxygens (including phenoxy) is 1. The second-order valence-corrected chi connectivity index (χ2v) is 6.48. The Labute approximate surface area is 151 Å². The molecule has 0 aliphatic rings. The molecule has 0 fully saturated rings. The zero-order valence-corrected chi connectivity index (χ0v) is 15.1. The van der Waals surface area contributed by atoms with Gasteiger partial charge in [-0.3, -0.25) is 9.36 Å². The number of rotatable bonds is 7. The van der Waals surface area contributed by atoms with E-state index in [1.54, 1.807) is 0 Å². The smallest absolute Gasteiger partial charge is 0.173 e. The number of Topliss-reactive ketones (excluding diaryl/α,β-unsaturated/α-hetero) is 1. The van der Waals surface area contributed by atoms with Crippen LogP contribution in [0, 0.1) is 6.92 Å². The highest BCUT2D eigenvalue weighted by molar-refractivity contribution is 7.99. The molecule has 1 heterocycles. The topological polar surface area (TPSA) is 44.1 Å². The average molecular weight is 352 g/mol. The van der Waals surface area contributed by atoms with Crippen LogP contribution in [0.25, 0.3) is 5.69 Å². The molecule has 0 radical (unpaired) electrons. The standard InChI is InChI=1S/C20H20N2O2S/c1-3-24-18-11-9-17(10-12-18)22-13-15(2)21-20(22)25-14-19(23)16-7-5-4-6-8-16/h4-13H,3,14H2,1-2H3. The fraction of sp³-hybridized carbons (Fsp3) is 0.200. The van der Waals surface area contributed by atoms with E-state index in [0.717, 1.165) is 27.9 Å². The highest BCUT2D eigenvalue weighted by atomic mass is 32.2. The predicted molar refractivity (Wildman–Crippen MR) is 101 cm³/mol. The van der Waals surface area contributed by atoms with E-state index in [4.69, 9.17) is 4.74 Å². The molecular formula is C20H20N2O2S. The summed E-state index contributed by atoms with van der Waals surface area (Å²) in [5.74, 6) is 1.30. The largest absolute Gasteiger partial charge is 0.494 e. The van der Waals surface area contributed by atoms with Crippen molar-refractivity contribution in [2.45, 2.75) is 19.0 Å². The summed E-state index contributed by atoms with van der Waals surface area (Å²) in [4.78, 5) is 16.9. The molecule has 25 heavy (non-hydrogen) atoms. The molecule has 0 saturated carbocycles. The molecule has 3 aromatic rings. The number of nitrogens with zero attached hydrogens (tertiary/aromatic N) is 2. The first-order valence-corrected chi connectivity index (χ1v) is 9.16. The van der Waals surface area contributed by atoms with Crippen molar-refractivity contribution in [2.24, 2.45) is 0 Å². The minimum absolute atomic E-state index is 0.101. The van der Waals surface area contributed by atoms with Gasteiger partial charge in [0.25, 0.3) is 0 Å². The van der Waals surface area contributed by atoms with E-state index in [1.165, 1.54) is 11.8 Å². The number of aromatic nitrogens is 2. The number of imidazole rings is 1. The first kappa shape index (κ1) is 17.3. The van der Waals surface area contributed by atoms with E-state index >= 15 is 0 Å². The third kappa shape index (κ3) is 4.31. The number of aryl methyl sites for hydroxylation is 1. The van der Waals surface area contributed by atoms with Gasteiger partial charge >= 0.3 is 0 Å². The molecule has 3 rings (SSSR count). The van der Waals surface area contributed by atoms with E-state index < -0.39 is 0 Å². The van der Waals surface area contributed by atoms with Crippen LogP contribution in [0.3, 0.4) is 0 Å². The number of hydrogen-bond acceptors (Lipinski definition) is 4. The van der Waals surface area contributed by atoms with Crippen molar-refractivity contribution in [3.05, 3.63) is 72.1 Å². The highest BCUT2D eigenvalue weighted by Crippen LogP contribution is 2.24. The first-order valence-electron chi connectivity index (χ1n) is 8.17. The van der Waals surface area contributed by atoms with E-state index in [1.807, 2.05) is 79.2 Å². The molecule has 128 valence electrons. The zero-order valence-electron chi connectivity index (χ0n) is 14.3. The summed E-state index contributed by atoms with van der Waals surface area (Å²) in [6, 6.07) is 17.2. The lowest BCUT2D eigenvalue weighted by Gasteiger charge is -2.09. The lowest BCUT2D eigenvalue weighted by molar-refractivity contribution is 0.102. The fourth-order valence-electron chi connectivity index (χ4n) is 2.47. The maximum atomic E-state index is 12.3. The van der Waals surface area contributed by atoms with Crippen molar-refractivity contribution in [3.8, 4) is 11.4 Å². The second kappa shape index (κ2) is 8.03. The monoisotopic (exact) mass is 352 g/mol. The minimum Gasteiger partial charge on any atom is -0.494 e. The van der Waals surface area contributed by atoms with Gasteiger partial charge in [-0.2, -0.15) is 0 Å². The van der Waals surface area contributed by atoms with Crippen LogP contribution in [-0.2, 0) is 0 Å². The molecular weight excluding hydrogens is 332 g/mol. The first-order chi connectivity index (χ1) is 12.2. The number of benzene rings is 2. The lowest BCUT2D eigenvalue weighted by atomic mass is 10.2. The molecule has 2 aromatic carbocycles. The summed E-state index contributed by atoms with van der Waals surface area (Å²) in [5.41, 5.74) is 2.65. The van der Waals surface area contributed by atoms with Crippen LogP contribution in [0.1, 0.15) is 23.0 Å². The minimum atomic E-state index is 0.101. The normalized spacial score (nSPS) is 10.6. The van der Waals surface area contributed by atoms with Crippen LogP contribution in [-0.4, -0.2) is 27.7 Å². The highest BCUT2D eigenvalue weighted by Gasteiger charge is 2.12. The molecule has 0 spiro atoms. The van der Waals surface area contributed by atoms with E-state index in [0.29, 0.717) is 12.4 Å². The maximum Gasteiger partial charge on any atom is 0.173 e. The van der Waals surface area contributed by atoms with Gasteiger partial charge in [0.15, 0.2) is 10.9 Å². The molecule has 0 bridgehead atoms. The van der Waals surface area contributed by atoms with Gasteiger partial charge in [0.1, 0.15) is 5.75 Å². The van der Waals surface area contributed by atoms with Gasteiger partial charge in [0.05, 0.1) is 18.1 Å². The molecule has 0 aliphatic carbocycles. The Morgan fingerprint density at radius 1 is 1.12 bits per heavy atom. The summed E-state index contributed by atoms with van der Waals surface area (Å²) in [6.07, 6.45) is 1.98. The number of thioether (sulfide) groups is 1. The van der Waals surface area contributed by atoms with Crippen molar-refractivity contribution in [3.63, 3.8) is 0 Å². The molecule has 5 heteroatoms. The van der Waals surface area contributed by atoms with Crippen molar-refractivity contribution in [2.75, 3.05) is 12.4 Å². The lowest BCUT2D eigenvalue weighted by Crippen LogP contribution is -2.04. The van der Waals surface area contributed by atoms with E-state index in [9.17, 15) is 4.79 Å². The summed E-state index contributed by atoms with van der Waals surface area (Å²) in [6.45, 7) is 4.56. The Morgan fingerprint density at radius 2 is 1.84 bits per heavy atom. The van der Waals surface area contributed by atoms with Crippen molar-refractivity contribution >= 4 is 17.5 Å². The Bertz CT molecular complexity index is 842. The number of hydrogen-bond donors (Lipinski definition) is 0. The average Bonchev–Trinajstić information content (AvgIpc) is 3.02. The molecule has 0 amide bonds. The van der Waals surface area contributed by atoms with Gasteiger partial charge in [-0.25, -0.2) is 4.98 Å². The quantitative estimate of drug-likeness (QED) is 0.462. The summed E-state index contributed by atoms with van der Waals surface area (Å²) < 4.78 is 7.49. The molecule has 0 saturated heterocycles. The van der Waals surface area contributed by atoms with Crippen LogP contribution >= 0.6 is 11.8 Å². The number of ketones is 1. The number of carbonyl (C=O) groups excluding carboxylic acids is 1. The number of carbonyl (C=O) groups is 1. The van der Waals surface area contributed by atoms with Gasteiger partial charge in [-0.05, 0) is 38.1 Å². The van der Waals surface area contributed by atoms with Crippen LogP contribution in [0.15, 0.2) is 66.0 Å². The predicted octanol–water partition coefficient (Wildman–Crippen LogP) is 4.55. The maximum absolute atomic E-state index is 12.3. The molecule has 0 N–H and O–H groups in total. The third-order valence-corrected chi connectivity index (χ3v) is 4.60. The van der Waals surface area contributed by atoms with E-state index in [2.05, 4.69) is 4.98 Å². The van der Waals surface area contributed by atoms with Gasteiger partial charge < -0.3 is 4.74 Å².